The average molecular weight is 416 g/mol. The molecule has 0 saturated carbocycles. The Bertz CT molecular complexity index is 742. The molecule has 4 nitrogen and oxygen atoms in total. The fraction of sp³-hybridized carbons (Fsp3) is 0.583. The molecule has 1 aromatic carbocycles. The molecule has 0 amide bonds. The number of nitriles is 1. The molecule has 0 aromatic heterocycles. The fourth-order valence-corrected chi connectivity index (χ4v) is 3.33. The van der Waals surface area contributed by atoms with Gasteiger partial charge in [0.25, 0.3) is 0 Å². The van der Waals surface area contributed by atoms with Crippen molar-refractivity contribution in [1.82, 2.24) is 5.32 Å². The third-order valence-corrected chi connectivity index (χ3v) is 5.21. The van der Waals surface area contributed by atoms with Gasteiger partial charge in [-0.15, -0.1) is 0 Å². The molecule has 0 aliphatic carbocycles. The van der Waals surface area contributed by atoms with E-state index in [1.807, 2.05) is 18.2 Å². The number of hydrogen-bond acceptors (Lipinski definition) is 4. The SMILES string of the molecule is CC(C)(C)c1cc(/C=C(\C#N)C(=S)NCCCCCCN)cc(C(C)(C)C)c1O. The first-order valence-electron chi connectivity index (χ1n) is 10.4. The van der Waals surface area contributed by atoms with E-state index in [2.05, 4.69) is 52.9 Å². The van der Waals surface area contributed by atoms with E-state index in [1.54, 1.807) is 0 Å². The van der Waals surface area contributed by atoms with E-state index < -0.39 is 0 Å². The Morgan fingerprint density at radius 2 is 1.59 bits per heavy atom. The van der Waals surface area contributed by atoms with Crippen LogP contribution in [0.4, 0.5) is 0 Å². The van der Waals surface area contributed by atoms with Crippen LogP contribution in [0.3, 0.4) is 0 Å². The standard InChI is InChI=1S/C24H37N3OS/c1-23(2,3)19-14-17(15-20(21(19)28)24(4,5)6)13-18(16-26)22(29)27-12-10-8-7-9-11-25/h13-15,28H,7-12,25H2,1-6H3,(H,27,29)/b18-13+. The molecule has 0 fully saturated rings. The molecule has 0 unspecified atom stereocenters. The molecule has 0 spiro atoms. The normalized spacial score (nSPS) is 12.6. The zero-order valence-corrected chi connectivity index (χ0v) is 19.7. The molecule has 29 heavy (non-hydrogen) atoms. The first-order valence-corrected chi connectivity index (χ1v) is 10.8. The number of thiocarbonyl (C=S) groups is 1. The van der Waals surface area contributed by atoms with Crippen molar-refractivity contribution < 1.29 is 5.11 Å². The first kappa shape index (κ1) is 25.1. The van der Waals surface area contributed by atoms with E-state index >= 15 is 0 Å². The Labute approximate surface area is 182 Å². The van der Waals surface area contributed by atoms with Gasteiger partial charge in [0, 0.05) is 17.7 Å². The quantitative estimate of drug-likeness (QED) is 0.231. The van der Waals surface area contributed by atoms with Crippen molar-refractivity contribution in [2.75, 3.05) is 13.1 Å². The van der Waals surface area contributed by atoms with Gasteiger partial charge in [-0.25, -0.2) is 0 Å². The lowest BCUT2D eigenvalue weighted by Gasteiger charge is -2.28. The smallest absolute Gasteiger partial charge is 0.123 e. The Morgan fingerprint density at radius 3 is 2.03 bits per heavy atom. The minimum atomic E-state index is -0.219. The van der Waals surface area contributed by atoms with Crippen molar-refractivity contribution in [3.63, 3.8) is 0 Å². The molecule has 1 rings (SSSR count). The van der Waals surface area contributed by atoms with Crippen molar-refractivity contribution in [2.45, 2.75) is 78.1 Å². The van der Waals surface area contributed by atoms with Crippen molar-refractivity contribution in [2.24, 2.45) is 5.73 Å². The van der Waals surface area contributed by atoms with Crippen LogP contribution in [0, 0.1) is 11.3 Å². The van der Waals surface area contributed by atoms with E-state index in [4.69, 9.17) is 18.0 Å². The van der Waals surface area contributed by atoms with Crippen LogP contribution in [0.2, 0.25) is 0 Å². The van der Waals surface area contributed by atoms with E-state index in [-0.39, 0.29) is 10.8 Å². The van der Waals surface area contributed by atoms with Crippen LogP contribution in [0.1, 0.15) is 83.9 Å². The molecule has 4 N–H and O–H groups in total. The summed E-state index contributed by atoms with van der Waals surface area (Å²) in [7, 11) is 0. The molecule has 0 heterocycles. The zero-order chi connectivity index (χ0) is 22.2. The van der Waals surface area contributed by atoms with Crippen LogP contribution in [-0.2, 0) is 10.8 Å². The second-order valence-electron chi connectivity index (χ2n) is 9.59. The van der Waals surface area contributed by atoms with Gasteiger partial charge >= 0.3 is 0 Å². The number of phenols is 1. The highest BCUT2D eigenvalue weighted by Crippen LogP contribution is 2.40. The molecule has 1 aromatic rings. The Balaban J connectivity index is 3.13. The van der Waals surface area contributed by atoms with Gasteiger partial charge in [0.15, 0.2) is 0 Å². The van der Waals surface area contributed by atoms with Gasteiger partial charge in [0.05, 0.1) is 5.57 Å². The number of nitrogens with two attached hydrogens (primary N) is 1. The lowest BCUT2D eigenvalue weighted by molar-refractivity contribution is 0.423. The molecule has 0 bridgehead atoms. The van der Waals surface area contributed by atoms with Crippen LogP contribution in [0.15, 0.2) is 17.7 Å². The van der Waals surface area contributed by atoms with Crippen molar-refractivity contribution >= 4 is 23.3 Å². The monoisotopic (exact) mass is 415 g/mol. The summed E-state index contributed by atoms with van der Waals surface area (Å²) in [6.45, 7) is 13.9. The number of hydrogen-bond donors (Lipinski definition) is 3. The van der Waals surface area contributed by atoms with E-state index in [1.165, 1.54) is 0 Å². The van der Waals surface area contributed by atoms with E-state index in [0.717, 1.165) is 55.5 Å². The summed E-state index contributed by atoms with van der Waals surface area (Å²) in [5, 5.41) is 23.7. The molecular formula is C24H37N3OS. The number of aromatic hydroxyl groups is 1. The summed E-state index contributed by atoms with van der Waals surface area (Å²) in [6.07, 6.45) is 6.07. The minimum absolute atomic E-state index is 0.219. The van der Waals surface area contributed by atoms with Gasteiger partial charge in [-0.2, -0.15) is 5.26 Å². The van der Waals surface area contributed by atoms with Crippen molar-refractivity contribution in [3.8, 4) is 11.8 Å². The Hall–Kier alpha value is -1.90. The van der Waals surface area contributed by atoms with Gasteiger partial charge < -0.3 is 16.2 Å². The summed E-state index contributed by atoms with van der Waals surface area (Å²) >= 11 is 5.44. The number of phenolic OH excluding ortho intramolecular Hbond substituents is 1. The van der Waals surface area contributed by atoms with Gasteiger partial charge in [0.2, 0.25) is 0 Å². The summed E-state index contributed by atoms with van der Waals surface area (Å²) in [4.78, 5) is 0.467. The van der Waals surface area contributed by atoms with Gasteiger partial charge in [-0.3, -0.25) is 0 Å². The second-order valence-corrected chi connectivity index (χ2v) is 10.0. The average Bonchev–Trinajstić information content (AvgIpc) is 2.61. The summed E-state index contributed by atoms with van der Waals surface area (Å²) in [5.74, 6) is 0.332. The topological polar surface area (TPSA) is 82.1 Å². The van der Waals surface area contributed by atoms with Crippen LogP contribution < -0.4 is 11.1 Å². The number of unbranched alkanes of at least 4 members (excludes halogenated alkanes) is 3. The van der Waals surface area contributed by atoms with Crippen LogP contribution in [0.5, 0.6) is 5.75 Å². The predicted octanol–water partition coefficient (Wildman–Crippen LogP) is 5.33. The maximum Gasteiger partial charge on any atom is 0.123 e. The number of benzene rings is 1. The van der Waals surface area contributed by atoms with E-state index in [9.17, 15) is 10.4 Å². The molecule has 0 saturated heterocycles. The summed E-state index contributed by atoms with van der Waals surface area (Å²) in [5.41, 5.74) is 8.12. The minimum Gasteiger partial charge on any atom is -0.507 e. The highest BCUT2D eigenvalue weighted by atomic mass is 32.1. The van der Waals surface area contributed by atoms with Crippen LogP contribution in [0.25, 0.3) is 6.08 Å². The van der Waals surface area contributed by atoms with Gasteiger partial charge in [-0.1, -0.05) is 66.6 Å². The van der Waals surface area contributed by atoms with Gasteiger partial charge in [0.1, 0.15) is 16.8 Å². The number of rotatable bonds is 8. The van der Waals surface area contributed by atoms with Crippen LogP contribution >= 0.6 is 12.2 Å². The fourth-order valence-electron chi connectivity index (χ4n) is 3.12. The van der Waals surface area contributed by atoms with Crippen LogP contribution in [-0.4, -0.2) is 23.2 Å². The molecular weight excluding hydrogens is 378 g/mol. The zero-order valence-electron chi connectivity index (χ0n) is 18.9. The second kappa shape index (κ2) is 10.8. The predicted molar refractivity (Wildman–Crippen MR) is 127 cm³/mol. The maximum absolute atomic E-state index is 10.9. The molecule has 0 aliphatic rings. The molecule has 160 valence electrons. The Morgan fingerprint density at radius 1 is 1.07 bits per heavy atom. The van der Waals surface area contributed by atoms with E-state index in [0.29, 0.717) is 16.3 Å². The van der Waals surface area contributed by atoms with Crippen molar-refractivity contribution in [1.29, 1.82) is 5.26 Å². The summed E-state index contributed by atoms with van der Waals surface area (Å²) < 4.78 is 0. The lowest BCUT2D eigenvalue weighted by Crippen LogP contribution is -2.24. The lowest BCUT2D eigenvalue weighted by atomic mass is 9.78. The highest BCUT2D eigenvalue weighted by molar-refractivity contribution is 7.80. The molecule has 0 aliphatic heterocycles. The Kier molecular flexibility index (Phi) is 9.32. The van der Waals surface area contributed by atoms with Crippen molar-refractivity contribution in [3.05, 3.63) is 34.4 Å². The molecule has 0 radical (unpaired) electrons. The number of nitrogens with zero attached hydrogens (tertiary/aromatic N) is 1. The number of nitrogens with one attached hydrogen (secondary N) is 1. The highest BCUT2D eigenvalue weighted by Gasteiger charge is 2.26. The third-order valence-electron chi connectivity index (χ3n) is 4.84. The summed E-state index contributed by atoms with van der Waals surface area (Å²) in [6, 6.07) is 6.13. The molecule has 5 heteroatoms. The first-order chi connectivity index (χ1) is 13.4. The van der Waals surface area contributed by atoms with Gasteiger partial charge in [-0.05, 0) is 54.0 Å². The molecule has 0 atom stereocenters. The largest absolute Gasteiger partial charge is 0.507 e. The third kappa shape index (κ3) is 7.79. The maximum atomic E-state index is 10.9.